The number of carbonyl (C=O) groups is 1. The third-order valence-corrected chi connectivity index (χ3v) is 7.80. The quantitative estimate of drug-likeness (QED) is 0.180. The normalized spacial score (nSPS) is 26.3. The molecule has 3 rings (SSSR count). The van der Waals surface area contributed by atoms with Crippen LogP contribution in [0.25, 0.3) is 11.2 Å². The Labute approximate surface area is 211 Å². The van der Waals surface area contributed by atoms with Crippen LogP contribution >= 0.6 is 19.5 Å². The number of nitrogens with zero attached hydrogens (tertiary/aromatic N) is 4. The molecule has 3 heterocycles. The number of methoxy groups -OCH3 is 1. The molecule has 2 aromatic rings. The minimum Gasteiger partial charge on any atom is -0.479 e. The highest BCUT2D eigenvalue weighted by Crippen LogP contribution is 2.44. The van der Waals surface area contributed by atoms with Gasteiger partial charge in [-0.05, 0) is 20.8 Å². The van der Waals surface area contributed by atoms with Crippen molar-refractivity contribution in [3.8, 4) is 5.88 Å². The number of nitrogens with two attached hydrogens (primary N) is 2. The van der Waals surface area contributed by atoms with Crippen molar-refractivity contribution in [2.75, 3.05) is 38.4 Å². The highest BCUT2D eigenvalue weighted by atomic mass is 32.2. The monoisotopic (exact) mass is 550 g/mol. The number of hydrogen-bond donors (Lipinski definition) is 5. The summed E-state index contributed by atoms with van der Waals surface area (Å²) in [6.07, 6.45) is -2.48. The van der Waals surface area contributed by atoms with Gasteiger partial charge in [0, 0.05) is 5.75 Å². The second-order valence-corrected chi connectivity index (χ2v) is 11.6. The van der Waals surface area contributed by atoms with E-state index in [1.54, 1.807) is 13.8 Å². The van der Waals surface area contributed by atoms with Gasteiger partial charge in [-0.1, -0.05) is 11.8 Å². The molecule has 2 unspecified atom stereocenters. The zero-order valence-corrected chi connectivity index (χ0v) is 21.9. The molecule has 0 radical (unpaired) electrons. The van der Waals surface area contributed by atoms with Gasteiger partial charge >= 0.3 is 7.75 Å². The van der Waals surface area contributed by atoms with E-state index in [0.717, 1.165) is 11.8 Å². The summed E-state index contributed by atoms with van der Waals surface area (Å²) in [4.78, 5) is 24.2. The Morgan fingerprint density at radius 2 is 2.08 bits per heavy atom. The number of aromatic nitrogens is 4. The topological polar surface area (TPSA) is 227 Å². The number of imidazole rings is 1. The van der Waals surface area contributed by atoms with Crippen LogP contribution in [-0.2, 0) is 23.1 Å². The first kappa shape index (κ1) is 28.7. The van der Waals surface area contributed by atoms with Crippen molar-refractivity contribution in [2.45, 2.75) is 44.8 Å². The van der Waals surface area contributed by atoms with Crippen molar-refractivity contribution in [1.29, 1.82) is 0 Å². The largest absolute Gasteiger partial charge is 0.479 e. The predicted molar refractivity (Wildman–Crippen MR) is 129 cm³/mol. The van der Waals surface area contributed by atoms with Gasteiger partial charge in [0.15, 0.2) is 22.5 Å². The standard InChI is InChI=1S/C19H31N6O9PS/c1-18(2,8-26)16(28)36-6-5-32-35(21,30)33-7-10-12(27)19(3,29)15(34-10)25-9-22-11-13(25)23-17(20)24-14(11)31-4/h9-10,12,15,26-27,29H,5-8H2,1-4H3,(H2,21,30)(H2,20,23,24)/t10-,12?,15-,19+,35?/m1/s1. The van der Waals surface area contributed by atoms with Crippen LogP contribution in [0.15, 0.2) is 6.33 Å². The van der Waals surface area contributed by atoms with Gasteiger partial charge in [-0.25, -0.2) is 15.1 Å². The molecule has 1 aliphatic rings. The van der Waals surface area contributed by atoms with Gasteiger partial charge in [-0.15, -0.1) is 0 Å². The number of fused-ring (bicyclic) bond motifs is 1. The van der Waals surface area contributed by atoms with Crippen LogP contribution in [0.2, 0.25) is 0 Å². The number of hydrogen-bond acceptors (Lipinski definition) is 14. The SMILES string of the molecule is COc1nc(N)nc2c1ncn2[C@@H]1O[C@H](COP(N)(=O)OCCSC(=O)C(C)(C)CO)C(O)[C@]1(C)O. The summed E-state index contributed by atoms with van der Waals surface area (Å²) in [5.74, 6) is 0.157. The molecule has 1 saturated heterocycles. The molecule has 0 saturated carbocycles. The van der Waals surface area contributed by atoms with E-state index in [-0.39, 0.29) is 47.1 Å². The second-order valence-electron chi connectivity index (χ2n) is 8.96. The number of thioether (sulfide) groups is 1. The lowest BCUT2D eigenvalue weighted by Crippen LogP contribution is -2.44. The number of aliphatic hydroxyl groups is 3. The van der Waals surface area contributed by atoms with Crippen molar-refractivity contribution >= 4 is 41.7 Å². The van der Waals surface area contributed by atoms with E-state index >= 15 is 0 Å². The van der Waals surface area contributed by atoms with Crippen molar-refractivity contribution in [1.82, 2.24) is 19.5 Å². The van der Waals surface area contributed by atoms with Gasteiger partial charge < -0.3 is 30.5 Å². The summed E-state index contributed by atoms with van der Waals surface area (Å²) in [5.41, 5.74) is 9.04. The molecule has 0 amide bonds. The highest BCUT2D eigenvalue weighted by Gasteiger charge is 2.54. The number of rotatable bonds is 11. The molecule has 0 aromatic carbocycles. The highest BCUT2D eigenvalue weighted by molar-refractivity contribution is 8.13. The van der Waals surface area contributed by atoms with Gasteiger partial charge in [0.05, 0.1) is 38.7 Å². The molecule has 36 heavy (non-hydrogen) atoms. The van der Waals surface area contributed by atoms with E-state index in [2.05, 4.69) is 15.0 Å². The van der Waals surface area contributed by atoms with Crippen LogP contribution in [0.1, 0.15) is 27.0 Å². The number of ether oxygens (including phenoxy) is 2. The van der Waals surface area contributed by atoms with Crippen LogP contribution in [-0.4, -0.2) is 90.4 Å². The zero-order valence-electron chi connectivity index (χ0n) is 20.2. The number of carbonyl (C=O) groups excluding carboxylic acids is 1. The lowest BCUT2D eigenvalue weighted by Gasteiger charge is -2.27. The lowest BCUT2D eigenvalue weighted by molar-refractivity contribution is -0.119. The Morgan fingerprint density at radius 3 is 2.72 bits per heavy atom. The van der Waals surface area contributed by atoms with Crippen LogP contribution in [0, 0.1) is 5.41 Å². The maximum atomic E-state index is 12.5. The Hall–Kier alpha value is -1.88. The maximum Gasteiger partial charge on any atom is 0.402 e. The Bertz CT molecular complexity index is 1150. The van der Waals surface area contributed by atoms with Gasteiger partial charge in [0.25, 0.3) is 0 Å². The molecule has 1 aliphatic heterocycles. The lowest BCUT2D eigenvalue weighted by atomic mass is 9.96. The third-order valence-electron chi connectivity index (χ3n) is 5.56. The summed E-state index contributed by atoms with van der Waals surface area (Å²) in [7, 11) is -2.69. The first-order valence-corrected chi connectivity index (χ1v) is 13.4. The maximum absolute atomic E-state index is 12.5. The predicted octanol–water partition coefficient (Wildman–Crippen LogP) is -0.195. The Balaban J connectivity index is 1.63. The number of anilines is 1. The van der Waals surface area contributed by atoms with Crippen molar-refractivity contribution in [3.05, 3.63) is 6.33 Å². The van der Waals surface area contributed by atoms with Gasteiger partial charge in [0.1, 0.15) is 17.8 Å². The second kappa shape index (κ2) is 10.8. The van der Waals surface area contributed by atoms with Crippen LogP contribution in [0.5, 0.6) is 5.88 Å². The van der Waals surface area contributed by atoms with Gasteiger partial charge in [0.2, 0.25) is 11.8 Å². The van der Waals surface area contributed by atoms with Crippen LogP contribution in [0.3, 0.4) is 0 Å². The molecular weight excluding hydrogens is 519 g/mol. The average molecular weight is 551 g/mol. The smallest absolute Gasteiger partial charge is 0.402 e. The third kappa shape index (κ3) is 5.98. The summed E-state index contributed by atoms with van der Waals surface area (Å²) in [6, 6.07) is 0. The minimum atomic E-state index is -4.08. The molecule has 7 N–H and O–H groups in total. The number of aliphatic hydroxyl groups excluding tert-OH is 2. The van der Waals surface area contributed by atoms with E-state index in [1.165, 1.54) is 24.9 Å². The molecule has 17 heteroatoms. The molecule has 202 valence electrons. The first-order valence-electron chi connectivity index (χ1n) is 10.8. The zero-order chi connectivity index (χ0) is 26.9. The van der Waals surface area contributed by atoms with E-state index in [4.69, 9.17) is 29.8 Å². The molecule has 1 fully saturated rings. The van der Waals surface area contributed by atoms with E-state index in [0.29, 0.717) is 0 Å². The van der Waals surface area contributed by atoms with Crippen molar-refractivity contribution in [3.63, 3.8) is 0 Å². The molecule has 15 nitrogen and oxygen atoms in total. The minimum absolute atomic E-state index is 0.0971. The Morgan fingerprint density at radius 1 is 1.39 bits per heavy atom. The molecule has 0 spiro atoms. The molecular formula is C19H31N6O9PS. The fraction of sp³-hybridized carbons (Fsp3) is 0.684. The van der Waals surface area contributed by atoms with E-state index in [1.807, 2.05) is 0 Å². The summed E-state index contributed by atoms with van der Waals surface area (Å²) < 4.78 is 35.1. The Kier molecular flexibility index (Phi) is 8.65. The molecule has 0 bridgehead atoms. The van der Waals surface area contributed by atoms with Crippen LogP contribution in [0.4, 0.5) is 5.95 Å². The van der Waals surface area contributed by atoms with Gasteiger partial charge in [-0.2, -0.15) is 9.97 Å². The molecule has 2 aromatic heterocycles. The summed E-state index contributed by atoms with van der Waals surface area (Å²) in [6.45, 7) is 3.59. The first-order chi connectivity index (χ1) is 16.7. The summed E-state index contributed by atoms with van der Waals surface area (Å²) >= 11 is 0.905. The van der Waals surface area contributed by atoms with Gasteiger partial charge in [-0.3, -0.25) is 18.4 Å². The van der Waals surface area contributed by atoms with Crippen molar-refractivity contribution < 1.29 is 43.2 Å². The molecule has 5 atom stereocenters. The average Bonchev–Trinajstić information content (AvgIpc) is 3.32. The molecule has 0 aliphatic carbocycles. The van der Waals surface area contributed by atoms with E-state index < -0.39 is 43.8 Å². The summed E-state index contributed by atoms with van der Waals surface area (Å²) in [5, 5.41) is 30.6. The van der Waals surface area contributed by atoms with E-state index in [9.17, 15) is 24.7 Å². The fourth-order valence-electron chi connectivity index (χ4n) is 3.37. The van der Waals surface area contributed by atoms with Crippen LogP contribution < -0.4 is 16.0 Å². The van der Waals surface area contributed by atoms with Crippen molar-refractivity contribution in [2.24, 2.45) is 10.9 Å². The fourth-order valence-corrected chi connectivity index (χ4v) is 5.08. The number of nitrogen functional groups attached to an aromatic ring is 1.